The number of aliphatic hydroxyl groups is 1. The number of nitrogens with two attached hydrogens (primary N) is 1. The van der Waals surface area contributed by atoms with Crippen LogP contribution in [0.4, 0.5) is 13.2 Å². The van der Waals surface area contributed by atoms with Gasteiger partial charge in [-0.1, -0.05) is 0 Å². The first-order valence-corrected chi connectivity index (χ1v) is 5.13. The molecule has 0 bridgehead atoms. The Morgan fingerprint density at radius 2 is 1.80 bits per heavy atom. The van der Waals surface area contributed by atoms with Gasteiger partial charge >= 0.3 is 6.18 Å². The van der Waals surface area contributed by atoms with Crippen molar-refractivity contribution in [2.45, 2.75) is 56.6 Å². The standard InChI is InChI=1S/C9H17F3N2O/c10-9(11,12)5-8(15)14-7-3-1-6(13)2-4-7/h6-8,14-15H,1-5,13H2/t6-,7-,8?. The molecule has 1 rings (SSSR count). The Kier molecular flexibility index (Phi) is 4.36. The highest BCUT2D eigenvalue weighted by molar-refractivity contribution is 4.79. The minimum absolute atomic E-state index is 0.0397. The molecule has 0 aromatic carbocycles. The van der Waals surface area contributed by atoms with Crippen molar-refractivity contribution in [1.29, 1.82) is 0 Å². The second-order valence-electron chi connectivity index (χ2n) is 4.11. The molecule has 1 aliphatic rings. The molecule has 3 nitrogen and oxygen atoms in total. The van der Waals surface area contributed by atoms with Crippen LogP contribution in [0.3, 0.4) is 0 Å². The normalized spacial score (nSPS) is 30.2. The quantitative estimate of drug-likeness (QED) is 0.632. The lowest BCUT2D eigenvalue weighted by Crippen LogP contribution is -2.44. The third-order valence-electron chi connectivity index (χ3n) is 2.62. The second kappa shape index (κ2) is 5.14. The largest absolute Gasteiger partial charge is 0.392 e. The summed E-state index contributed by atoms with van der Waals surface area (Å²) < 4.78 is 35.7. The number of aliphatic hydroxyl groups excluding tert-OH is 1. The summed E-state index contributed by atoms with van der Waals surface area (Å²) in [5, 5.41) is 11.7. The molecule has 0 aliphatic heterocycles. The van der Waals surface area contributed by atoms with Gasteiger partial charge in [-0.2, -0.15) is 13.2 Å². The maximum atomic E-state index is 11.9. The van der Waals surface area contributed by atoms with E-state index in [2.05, 4.69) is 5.32 Å². The van der Waals surface area contributed by atoms with Gasteiger partial charge < -0.3 is 10.8 Å². The van der Waals surface area contributed by atoms with Gasteiger partial charge in [0.1, 0.15) is 6.23 Å². The molecule has 0 radical (unpaired) electrons. The van der Waals surface area contributed by atoms with Gasteiger partial charge in [-0.3, -0.25) is 5.32 Å². The molecule has 6 heteroatoms. The van der Waals surface area contributed by atoms with Gasteiger partial charge in [-0.05, 0) is 25.7 Å². The zero-order chi connectivity index (χ0) is 11.5. The SMILES string of the molecule is N[C@H]1CC[C@H](NC(O)CC(F)(F)F)CC1. The average molecular weight is 226 g/mol. The van der Waals surface area contributed by atoms with Crippen molar-refractivity contribution >= 4 is 0 Å². The molecular weight excluding hydrogens is 209 g/mol. The summed E-state index contributed by atoms with van der Waals surface area (Å²) in [5.74, 6) is 0. The monoisotopic (exact) mass is 226 g/mol. The summed E-state index contributed by atoms with van der Waals surface area (Å²) >= 11 is 0. The first kappa shape index (κ1) is 12.7. The molecule has 90 valence electrons. The molecule has 0 heterocycles. The summed E-state index contributed by atoms with van der Waals surface area (Å²) in [4.78, 5) is 0. The van der Waals surface area contributed by atoms with Crippen LogP contribution in [0, 0.1) is 0 Å². The summed E-state index contributed by atoms with van der Waals surface area (Å²) in [7, 11) is 0. The Labute approximate surface area is 86.8 Å². The van der Waals surface area contributed by atoms with Crippen molar-refractivity contribution in [2.24, 2.45) is 5.73 Å². The molecule has 0 aromatic rings. The van der Waals surface area contributed by atoms with E-state index in [-0.39, 0.29) is 12.1 Å². The van der Waals surface area contributed by atoms with Crippen LogP contribution >= 0.6 is 0 Å². The maximum Gasteiger partial charge on any atom is 0.392 e. The van der Waals surface area contributed by atoms with Gasteiger partial charge in [-0.15, -0.1) is 0 Å². The van der Waals surface area contributed by atoms with E-state index in [1.165, 1.54) is 0 Å². The fraction of sp³-hybridized carbons (Fsp3) is 1.00. The van der Waals surface area contributed by atoms with Crippen molar-refractivity contribution in [1.82, 2.24) is 5.32 Å². The van der Waals surface area contributed by atoms with E-state index in [9.17, 15) is 13.2 Å². The first-order valence-electron chi connectivity index (χ1n) is 5.13. The minimum atomic E-state index is -4.32. The van der Waals surface area contributed by atoms with Crippen LogP contribution in [0.2, 0.25) is 0 Å². The van der Waals surface area contributed by atoms with Crippen LogP contribution in [0.25, 0.3) is 0 Å². The number of nitrogens with one attached hydrogen (secondary N) is 1. The zero-order valence-electron chi connectivity index (χ0n) is 8.43. The van der Waals surface area contributed by atoms with Crippen LogP contribution in [0.15, 0.2) is 0 Å². The highest BCUT2D eigenvalue weighted by Crippen LogP contribution is 2.22. The number of rotatable bonds is 3. The Bertz CT molecular complexity index is 190. The number of hydrogen-bond donors (Lipinski definition) is 3. The topological polar surface area (TPSA) is 58.3 Å². The van der Waals surface area contributed by atoms with E-state index in [1.54, 1.807) is 0 Å². The summed E-state index contributed by atoms with van der Waals surface area (Å²) in [6.07, 6.45) is -3.95. The van der Waals surface area contributed by atoms with Crippen molar-refractivity contribution in [2.75, 3.05) is 0 Å². The molecule has 1 unspecified atom stereocenters. The first-order chi connectivity index (χ1) is 6.87. The third kappa shape index (κ3) is 5.34. The third-order valence-corrected chi connectivity index (χ3v) is 2.62. The van der Waals surface area contributed by atoms with Crippen LogP contribution in [0.1, 0.15) is 32.1 Å². The van der Waals surface area contributed by atoms with E-state index in [0.29, 0.717) is 0 Å². The molecule has 0 spiro atoms. The highest BCUT2D eigenvalue weighted by atomic mass is 19.4. The van der Waals surface area contributed by atoms with Gasteiger partial charge in [0.15, 0.2) is 0 Å². The lowest BCUT2D eigenvalue weighted by atomic mass is 9.92. The zero-order valence-corrected chi connectivity index (χ0v) is 8.43. The van der Waals surface area contributed by atoms with E-state index in [4.69, 9.17) is 10.8 Å². The molecule has 1 saturated carbocycles. The summed E-state index contributed by atoms with van der Waals surface area (Å²) in [5.41, 5.74) is 5.66. The van der Waals surface area contributed by atoms with E-state index in [0.717, 1.165) is 25.7 Å². The second-order valence-corrected chi connectivity index (χ2v) is 4.11. The van der Waals surface area contributed by atoms with E-state index < -0.39 is 18.8 Å². The molecule has 0 saturated heterocycles. The molecule has 0 aromatic heterocycles. The van der Waals surface area contributed by atoms with Crippen LogP contribution in [-0.2, 0) is 0 Å². The van der Waals surface area contributed by atoms with Crippen molar-refractivity contribution < 1.29 is 18.3 Å². The minimum Gasteiger partial charge on any atom is -0.378 e. The van der Waals surface area contributed by atoms with E-state index >= 15 is 0 Å². The Balaban J connectivity index is 2.23. The van der Waals surface area contributed by atoms with Gasteiger partial charge in [0.05, 0.1) is 6.42 Å². The van der Waals surface area contributed by atoms with Crippen molar-refractivity contribution in [3.8, 4) is 0 Å². The summed E-state index contributed by atoms with van der Waals surface area (Å²) in [6, 6.07) is 0.116. The van der Waals surface area contributed by atoms with Crippen LogP contribution < -0.4 is 11.1 Å². The smallest absolute Gasteiger partial charge is 0.378 e. The molecule has 1 atom stereocenters. The summed E-state index contributed by atoms with van der Waals surface area (Å²) in [6.45, 7) is 0. The van der Waals surface area contributed by atoms with Gasteiger partial charge in [0, 0.05) is 12.1 Å². The number of halogens is 3. The molecule has 0 amide bonds. The predicted octanol–water partition coefficient (Wildman–Crippen LogP) is 1.12. The lowest BCUT2D eigenvalue weighted by Gasteiger charge is -2.29. The number of hydrogen-bond acceptors (Lipinski definition) is 3. The Hall–Kier alpha value is -0.330. The van der Waals surface area contributed by atoms with Crippen LogP contribution in [0.5, 0.6) is 0 Å². The van der Waals surface area contributed by atoms with Crippen molar-refractivity contribution in [3.63, 3.8) is 0 Å². The fourth-order valence-electron chi connectivity index (χ4n) is 1.84. The maximum absolute atomic E-state index is 11.9. The van der Waals surface area contributed by atoms with Gasteiger partial charge in [0.25, 0.3) is 0 Å². The van der Waals surface area contributed by atoms with Crippen LogP contribution in [-0.4, -0.2) is 29.6 Å². The van der Waals surface area contributed by atoms with Gasteiger partial charge in [0.2, 0.25) is 0 Å². The number of alkyl halides is 3. The molecule has 15 heavy (non-hydrogen) atoms. The average Bonchev–Trinajstić information content (AvgIpc) is 2.05. The molecule has 1 aliphatic carbocycles. The molecule has 4 N–H and O–H groups in total. The fourth-order valence-corrected chi connectivity index (χ4v) is 1.84. The Morgan fingerprint density at radius 3 is 2.27 bits per heavy atom. The van der Waals surface area contributed by atoms with Gasteiger partial charge in [-0.25, -0.2) is 0 Å². The van der Waals surface area contributed by atoms with Crippen molar-refractivity contribution in [3.05, 3.63) is 0 Å². The lowest BCUT2D eigenvalue weighted by molar-refractivity contribution is -0.158. The molecule has 1 fully saturated rings. The Morgan fingerprint density at radius 1 is 1.27 bits per heavy atom. The predicted molar refractivity (Wildman–Crippen MR) is 50.0 cm³/mol. The highest BCUT2D eigenvalue weighted by Gasteiger charge is 2.32. The molecular formula is C9H17F3N2O. The van der Waals surface area contributed by atoms with E-state index in [1.807, 2.05) is 0 Å².